The van der Waals surface area contributed by atoms with Gasteiger partial charge in [-0.05, 0) is 72.1 Å². The number of piperidine rings is 1. The summed E-state index contributed by atoms with van der Waals surface area (Å²) < 4.78 is 51.5. The fourth-order valence-corrected chi connectivity index (χ4v) is 4.62. The van der Waals surface area contributed by atoms with Crippen LogP contribution in [0.15, 0.2) is 18.2 Å². The first kappa shape index (κ1) is 30.7. The lowest BCUT2D eigenvalue weighted by Gasteiger charge is -2.36. The Kier molecular flexibility index (Phi) is 9.24. The molecule has 0 aliphatic carbocycles. The number of nitrogens with zero attached hydrogens (tertiary/aromatic N) is 3. The summed E-state index contributed by atoms with van der Waals surface area (Å²) in [5, 5.41) is 0. The Balaban J connectivity index is 1.70. The van der Waals surface area contributed by atoms with Crippen LogP contribution in [0, 0.1) is 5.92 Å². The summed E-state index contributed by atoms with van der Waals surface area (Å²) in [4.78, 5) is 43.4. The third-order valence-corrected chi connectivity index (χ3v) is 6.61. The molecule has 2 amide bonds. The summed E-state index contributed by atoms with van der Waals surface area (Å²) in [6.45, 7) is 13.4. The standard InChI is InChI=1S/C28H40F3N3O5/c1-26(2,3)38-24(36)19-9-11-33(12-10-19)23(35)22-17-21(28(29,30)31)8-7-20(22)18-32-13-15-34(16-14-32)25(37)39-27(4,5)6/h7-8,17,19H,9-16,18H2,1-6H3. The summed E-state index contributed by atoms with van der Waals surface area (Å²) in [7, 11) is 0. The normalized spacial score (nSPS) is 18.2. The van der Waals surface area contributed by atoms with E-state index in [4.69, 9.17) is 9.47 Å². The second kappa shape index (κ2) is 11.7. The molecule has 0 aromatic heterocycles. The van der Waals surface area contributed by atoms with E-state index in [2.05, 4.69) is 0 Å². The van der Waals surface area contributed by atoms with Crippen LogP contribution in [0.1, 0.15) is 75.9 Å². The van der Waals surface area contributed by atoms with Crippen LogP contribution in [0.2, 0.25) is 0 Å². The maximum atomic E-state index is 13.5. The van der Waals surface area contributed by atoms with Gasteiger partial charge < -0.3 is 19.3 Å². The molecule has 2 aliphatic heterocycles. The van der Waals surface area contributed by atoms with Crippen LogP contribution in [0.5, 0.6) is 0 Å². The molecule has 2 heterocycles. The monoisotopic (exact) mass is 555 g/mol. The Hall–Kier alpha value is -2.82. The third kappa shape index (κ3) is 8.84. The number of hydrogen-bond acceptors (Lipinski definition) is 6. The highest BCUT2D eigenvalue weighted by atomic mass is 19.4. The van der Waals surface area contributed by atoms with Crippen molar-refractivity contribution in [2.45, 2.75) is 78.3 Å². The van der Waals surface area contributed by atoms with Crippen LogP contribution < -0.4 is 0 Å². The van der Waals surface area contributed by atoms with Gasteiger partial charge in [0.05, 0.1) is 11.5 Å². The lowest BCUT2D eigenvalue weighted by molar-refractivity contribution is -0.161. The maximum Gasteiger partial charge on any atom is 0.416 e. The number of likely N-dealkylation sites (tertiary alicyclic amines) is 1. The van der Waals surface area contributed by atoms with Crippen molar-refractivity contribution in [2.75, 3.05) is 39.3 Å². The number of ether oxygens (including phenoxy) is 2. The maximum absolute atomic E-state index is 13.5. The lowest BCUT2D eigenvalue weighted by Crippen LogP contribution is -2.49. The van der Waals surface area contributed by atoms with Gasteiger partial charge in [-0.3, -0.25) is 14.5 Å². The summed E-state index contributed by atoms with van der Waals surface area (Å²) in [5.41, 5.74) is -1.60. The SMILES string of the molecule is CC(C)(C)OC(=O)C1CCN(C(=O)c2cc(C(F)(F)F)ccc2CN2CCN(C(=O)OC(C)(C)C)CC2)CC1. The van der Waals surface area contributed by atoms with Crippen LogP contribution in [0.25, 0.3) is 0 Å². The van der Waals surface area contributed by atoms with Crippen molar-refractivity contribution in [1.29, 1.82) is 0 Å². The van der Waals surface area contributed by atoms with Crippen LogP contribution in [0.4, 0.5) is 18.0 Å². The Morgan fingerprint density at radius 1 is 0.821 bits per heavy atom. The molecule has 0 saturated carbocycles. The van der Waals surface area contributed by atoms with E-state index in [0.29, 0.717) is 44.6 Å². The molecule has 2 aliphatic rings. The zero-order chi connectivity index (χ0) is 29.2. The Bertz CT molecular complexity index is 1050. The van der Waals surface area contributed by atoms with Gasteiger partial charge in [0.25, 0.3) is 5.91 Å². The molecule has 1 aromatic carbocycles. The molecule has 8 nitrogen and oxygen atoms in total. The van der Waals surface area contributed by atoms with Crippen molar-refractivity contribution in [2.24, 2.45) is 5.92 Å². The molecule has 0 atom stereocenters. The lowest BCUT2D eigenvalue weighted by atomic mass is 9.95. The third-order valence-electron chi connectivity index (χ3n) is 6.61. The number of amides is 2. The molecular formula is C28H40F3N3O5. The molecular weight excluding hydrogens is 515 g/mol. The van der Waals surface area contributed by atoms with Gasteiger partial charge in [-0.1, -0.05) is 6.07 Å². The smallest absolute Gasteiger partial charge is 0.416 e. The van der Waals surface area contributed by atoms with E-state index in [-0.39, 0.29) is 37.1 Å². The average Bonchev–Trinajstić information content (AvgIpc) is 2.81. The minimum atomic E-state index is -4.59. The zero-order valence-corrected chi connectivity index (χ0v) is 23.7. The fourth-order valence-electron chi connectivity index (χ4n) is 4.62. The molecule has 0 unspecified atom stereocenters. The second-order valence-corrected chi connectivity index (χ2v) is 12.2. The van der Waals surface area contributed by atoms with Crippen LogP contribution in [-0.4, -0.2) is 83.1 Å². The van der Waals surface area contributed by atoms with Gasteiger partial charge in [-0.15, -0.1) is 0 Å². The number of halogens is 3. The fraction of sp³-hybridized carbons (Fsp3) is 0.679. The van der Waals surface area contributed by atoms with Gasteiger partial charge in [0.2, 0.25) is 0 Å². The molecule has 0 bridgehead atoms. The van der Waals surface area contributed by atoms with Crippen LogP contribution in [0.3, 0.4) is 0 Å². The highest BCUT2D eigenvalue weighted by Gasteiger charge is 2.35. The number of benzene rings is 1. The second-order valence-electron chi connectivity index (χ2n) is 12.2. The molecule has 2 saturated heterocycles. The average molecular weight is 556 g/mol. The number of carbonyl (C=O) groups excluding carboxylic acids is 3. The molecule has 3 rings (SSSR count). The van der Waals surface area contributed by atoms with E-state index in [1.807, 2.05) is 4.90 Å². The topological polar surface area (TPSA) is 79.4 Å². The van der Waals surface area contributed by atoms with Crippen LogP contribution in [-0.2, 0) is 27.0 Å². The first-order valence-electron chi connectivity index (χ1n) is 13.4. The van der Waals surface area contributed by atoms with E-state index < -0.39 is 34.9 Å². The number of hydrogen-bond donors (Lipinski definition) is 0. The Labute approximate surface area is 228 Å². The van der Waals surface area contributed by atoms with E-state index in [1.54, 1.807) is 46.4 Å². The molecule has 1 aromatic rings. The molecule has 39 heavy (non-hydrogen) atoms. The Morgan fingerprint density at radius 2 is 1.38 bits per heavy atom. The van der Waals surface area contributed by atoms with Gasteiger partial charge in [0.15, 0.2) is 0 Å². The summed E-state index contributed by atoms with van der Waals surface area (Å²) in [6, 6.07) is 3.29. The molecule has 11 heteroatoms. The van der Waals surface area contributed by atoms with Crippen molar-refractivity contribution in [1.82, 2.24) is 14.7 Å². The molecule has 0 N–H and O–H groups in total. The van der Waals surface area contributed by atoms with Gasteiger partial charge in [-0.2, -0.15) is 13.2 Å². The van der Waals surface area contributed by atoms with Gasteiger partial charge in [-0.25, -0.2) is 4.79 Å². The number of piperazine rings is 1. The number of rotatable bonds is 4. The van der Waals surface area contributed by atoms with Gasteiger partial charge in [0, 0.05) is 51.4 Å². The minimum absolute atomic E-state index is 0.00937. The molecule has 218 valence electrons. The largest absolute Gasteiger partial charge is 0.460 e. The highest BCUT2D eigenvalue weighted by Crippen LogP contribution is 2.32. The number of esters is 1. The van der Waals surface area contributed by atoms with Crippen LogP contribution >= 0.6 is 0 Å². The van der Waals surface area contributed by atoms with Gasteiger partial charge in [0.1, 0.15) is 11.2 Å². The summed E-state index contributed by atoms with van der Waals surface area (Å²) in [6.07, 6.45) is -4.21. The van der Waals surface area contributed by atoms with Crippen molar-refractivity contribution in [3.63, 3.8) is 0 Å². The molecule has 0 radical (unpaired) electrons. The van der Waals surface area contributed by atoms with E-state index >= 15 is 0 Å². The predicted molar refractivity (Wildman–Crippen MR) is 139 cm³/mol. The van der Waals surface area contributed by atoms with Crippen molar-refractivity contribution in [3.8, 4) is 0 Å². The first-order valence-corrected chi connectivity index (χ1v) is 13.4. The molecule has 2 fully saturated rings. The number of carbonyl (C=O) groups is 3. The number of alkyl halides is 3. The quantitative estimate of drug-likeness (QED) is 0.489. The minimum Gasteiger partial charge on any atom is -0.460 e. The predicted octanol–water partition coefficient (Wildman–Crippen LogP) is 4.95. The molecule has 0 spiro atoms. The first-order chi connectivity index (χ1) is 17.9. The van der Waals surface area contributed by atoms with E-state index in [9.17, 15) is 27.6 Å². The zero-order valence-electron chi connectivity index (χ0n) is 23.7. The van der Waals surface area contributed by atoms with Crippen molar-refractivity contribution < 1.29 is 37.0 Å². The van der Waals surface area contributed by atoms with E-state index in [0.717, 1.165) is 12.1 Å². The van der Waals surface area contributed by atoms with Crippen molar-refractivity contribution >= 4 is 18.0 Å². The van der Waals surface area contributed by atoms with Gasteiger partial charge >= 0.3 is 18.2 Å². The summed E-state index contributed by atoms with van der Waals surface area (Å²) in [5.74, 6) is -1.15. The summed E-state index contributed by atoms with van der Waals surface area (Å²) >= 11 is 0. The Morgan fingerprint density at radius 3 is 1.90 bits per heavy atom. The van der Waals surface area contributed by atoms with Crippen molar-refractivity contribution in [3.05, 3.63) is 34.9 Å². The highest BCUT2D eigenvalue weighted by molar-refractivity contribution is 5.96. The van der Waals surface area contributed by atoms with E-state index in [1.165, 1.54) is 11.0 Å².